The second-order valence-electron chi connectivity index (χ2n) is 2.40. The van der Waals surface area contributed by atoms with Crippen molar-refractivity contribution in [3.8, 4) is 0 Å². The van der Waals surface area contributed by atoms with Crippen molar-refractivity contribution in [3.05, 3.63) is 0 Å². The van der Waals surface area contributed by atoms with Crippen LogP contribution in [0.3, 0.4) is 0 Å². The van der Waals surface area contributed by atoms with Crippen LogP contribution in [0.25, 0.3) is 0 Å². The molecule has 0 amide bonds. The monoisotopic (exact) mass is 241 g/mol. The van der Waals surface area contributed by atoms with Crippen LogP contribution in [0, 0.1) is 5.92 Å². The highest BCUT2D eigenvalue weighted by atomic mass is 127. The van der Waals surface area contributed by atoms with Gasteiger partial charge in [-0.15, -0.1) is 0 Å². The molecule has 0 aromatic carbocycles. The summed E-state index contributed by atoms with van der Waals surface area (Å²) in [5.74, 6) is 0.646. The zero-order valence-corrected chi connectivity index (χ0v) is 7.72. The predicted molar refractivity (Wildman–Crippen MR) is 45.8 cm³/mol. The Bertz CT molecular complexity index is 79.1. The van der Waals surface area contributed by atoms with Crippen LogP contribution in [0.15, 0.2) is 0 Å². The second-order valence-corrected chi connectivity index (χ2v) is 3.63. The molecule has 1 fully saturated rings. The van der Waals surface area contributed by atoms with E-state index in [1.807, 2.05) is 0 Å². The molecule has 2 unspecified atom stereocenters. The van der Waals surface area contributed by atoms with Crippen LogP contribution in [0.1, 0.15) is 6.92 Å². The topological polar surface area (TPSA) is 21.3 Å². The molecule has 0 spiro atoms. The zero-order chi connectivity index (χ0) is 6.69. The Morgan fingerprint density at radius 1 is 1.67 bits per heavy atom. The molecule has 0 aliphatic carbocycles. The first-order valence-corrected chi connectivity index (χ1v) is 4.51. The smallest absolute Gasteiger partial charge is 0.112 e. The van der Waals surface area contributed by atoms with Crippen molar-refractivity contribution in [1.29, 1.82) is 0 Å². The number of nitrogens with one attached hydrogen (secondary N) is 1. The molecule has 2 nitrogen and oxygen atoms in total. The largest absolute Gasteiger partial charge is 0.366 e. The van der Waals surface area contributed by atoms with Crippen molar-refractivity contribution >= 4 is 22.6 Å². The molecule has 0 bridgehead atoms. The van der Waals surface area contributed by atoms with E-state index in [1.54, 1.807) is 0 Å². The molecule has 0 aromatic rings. The van der Waals surface area contributed by atoms with Gasteiger partial charge in [0, 0.05) is 19.0 Å². The van der Waals surface area contributed by atoms with Gasteiger partial charge in [0.2, 0.25) is 0 Å². The van der Waals surface area contributed by atoms with E-state index in [0.717, 1.165) is 19.7 Å². The van der Waals surface area contributed by atoms with Gasteiger partial charge in [-0.25, -0.2) is 0 Å². The van der Waals surface area contributed by atoms with Crippen LogP contribution in [0.4, 0.5) is 0 Å². The van der Waals surface area contributed by atoms with Crippen LogP contribution in [-0.2, 0) is 4.74 Å². The Labute approximate surface area is 69.5 Å². The normalized spacial score (nSPS) is 38.0. The van der Waals surface area contributed by atoms with Gasteiger partial charge in [0.05, 0.1) is 6.61 Å². The Morgan fingerprint density at radius 2 is 2.44 bits per heavy atom. The maximum atomic E-state index is 5.44. The second kappa shape index (κ2) is 3.73. The summed E-state index contributed by atoms with van der Waals surface area (Å²) in [5, 5.41) is 3.30. The predicted octanol–water partition coefficient (Wildman–Crippen LogP) is 1.00. The highest BCUT2D eigenvalue weighted by Crippen LogP contribution is 2.15. The third-order valence-corrected chi connectivity index (χ3v) is 3.06. The van der Waals surface area contributed by atoms with Gasteiger partial charge < -0.3 is 10.1 Å². The van der Waals surface area contributed by atoms with Crippen molar-refractivity contribution in [2.75, 3.05) is 19.7 Å². The van der Waals surface area contributed by atoms with Crippen molar-refractivity contribution in [2.45, 2.75) is 11.0 Å². The maximum absolute atomic E-state index is 5.44. The lowest BCUT2D eigenvalue weighted by atomic mass is 10.2. The molecule has 1 saturated heterocycles. The van der Waals surface area contributed by atoms with E-state index < -0.39 is 0 Å². The van der Waals surface area contributed by atoms with Crippen LogP contribution < -0.4 is 5.32 Å². The van der Waals surface area contributed by atoms with Gasteiger partial charge in [-0.2, -0.15) is 0 Å². The first kappa shape index (κ1) is 7.75. The zero-order valence-electron chi connectivity index (χ0n) is 5.56. The molecule has 1 heterocycles. The first-order valence-electron chi connectivity index (χ1n) is 3.27. The van der Waals surface area contributed by atoms with Gasteiger partial charge in [0.1, 0.15) is 4.11 Å². The molecule has 1 rings (SSSR count). The maximum Gasteiger partial charge on any atom is 0.112 e. The third-order valence-electron chi connectivity index (χ3n) is 1.47. The average molecular weight is 241 g/mol. The number of alkyl halides is 1. The van der Waals surface area contributed by atoms with Crippen molar-refractivity contribution in [2.24, 2.45) is 5.92 Å². The highest BCUT2D eigenvalue weighted by molar-refractivity contribution is 14.1. The molecule has 1 N–H and O–H groups in total. The molecule has 1 aliphatic rings. The molecular formula is C6H12INO. The summed E-state index contributed by atoms with van der Waals surface area (Å²) in [6.45, 7) is 5.16. The van der Waals surface area contributed by atoms with E-state index in [-0.39, 0.29) is 0 Å². The van der Waals surface area contributed by atoms with E-state index in [0.29, 0.717) is 10.0 Å². The Balaban J connectivity index is 2.32. The number of halogens is 1. The van der Waals surface area contributed by atoms with E-state index in [1.165, 1.54) is 0 Å². The van der Waals surface area contributed by atoms with E-state index in [4.69, 9.17) is 4.74 Å². The van der Waals surface area contributed by atoms with Gasteiger partial charge in [0.25, 0.3) is 0 Å². The SMILES string of the molecule is CC1CNCCOC1I. The standard InChI is InChI=1S/C6H12INO/c1-5-4-8-2-3-9-6(5)7/h5-6,8H,2-4H2,1H3. The fraction of sp³-hybridized carbons (Fsp3) is 1.00. The van der Waals surface area contributed by atoms with Gasteiger partial charge in [-0.3, -0.25) is 0 Å². The number of ether oxygens (including phenoxy) is 1. The lowest BCUT2D eigenvalue weighted by Crippen LogP contribution is -2.22. The molecule has 0 saturated carbocycles. The van der Waals surface area contributed by atoms with Crippen LogP contribution in [-0.4, -0.2) is 23.8 Å². The lowest BCUT2D eigenvalue weighted by molar-refractivity contribution is 0.113. The van der Waals surface area contributed by atoms with Crippen molar-refractivity contribution < 1.29 is 4.74 Å². The molecular weight excluding hydrogens is 229 g/mol. The summed E-state index contributed by atoms with van der Waals surface area (Å²) in [5.41, 5.74) is 0. The molecule has 3 heteroatoms. The quantitative estimate of drug-likeness (QED) is 0.504. The minimum absolute atomic E-state index is 0.401. The third kappa shape index (κ3) is 2.39. The van der Waals surface area contributed by atoms with Gasteiger partial charge in [-0.05, 0) is 0 Å². The fourth-order valence-electron chi connectivity index (χ4n) is 0.830. The number of rotatable bonds is 0. The Kier molecular flexibility index (Phi) is 3.21. The van der Waals surface area contributed by atoms with E-state index in [9.17, 15) is 0 Å². The average Bonchev–Trinajstić information content (AvgIpc) is 1.99. The molecule has 1 aliphatic heterocycles. The van der Waals surface area contributed by atoms with Crippen molar-refractivity contribution in [1.82, 2.24) is 5.32 Å². The molecule has 2 atom stereocenters. The van der Waals surface area contributed by atoms with Gasteiger partial charge in [0.15, 0.2) is 0 Å². The lowest BCUT2D eigenvalue weighted by Gasteiger charge is -2.12. The number of hydrogen-bond acceptors (Lipinski definition) is 2. The number of hydrogen-bond donors (Lipinski definition) is 1. The van der Waals surface area contributed by atoms with E-state index in [2.05, 4.69) is 34.8 Å². The van der Waals surface area contributed by atoms with Gasteiger partial charge in [-0.1, -0.05) is 29.5 Å². The van der Waals surface area contributed by atoms with Crippen molar-refractivity contribution in [3.63, 3.8) is 0 Å². The minimum Gasteiger partial charge on any atom is -0.366 e. The Morgan fingerprint density at radius 3 is 3.22 bits per heavy atom. The molecule has 0 aromatic heterocycles. The fourth-order valence-corrected chi connectivity index (χ4v) is 1.34. The molecule has 9 heavy (non-hydrogen) atoms. The van der Waals surface area contributed by atoms with Crippen LogP contribution >= 0.6 is 22.6 Å². The minimum atomic E-state index is 0.401. The summed E-state index contributed by atoms with van der Waals surface area (Å²) in [6.07, 6.45) is 0. The van der Waals surface area contributed by atoms with Crippen LogP contribution in [0.5, 0.6) is 0 Å². The Hall–Kier alpha value is 0.650. The first-order chi connectivity index (χ1) is 4.30. The summed E-state index contributed by atoms with van der Waals surface area (Å²) in [6, 6.07) is 0. The van der Waals surface area contributed by atoms with Crippen LogP contribution in [0.2, 0.25) is 0 Å². The van der Waals surface area contributed by atoms with E-state index >= 15 is 0 Å². The summed E-state index contributed by atoms with van der Waals surface area (Å²) in [4.78, 5) is 0. The molecule has 0 radical (unpaired) electrons. The summed E-state index contributed by atoms with van der Waals surface area (Å²) >= 11 is 2.35. The highest BCUT2D eigenvalue weighted by Gasteiger charge is 2.15. The summed E-state index contributed by atoms with van der Waals surface area (Å²) < 4.78 is 5.84. The van der Waals surface area contributed by atoms with Gasteiger partial charge >= 0.3 is 0 Å². The summed E-state index contributed by atoms with van der Waals surface area (Å²) in [7, 11) is 0. The molecule has 54 valence electrons.